The van der Waals surface area contributed by atoms with E-state index in [-0.39, 0.29) is 33.4 Å². The molecule has 0 spiro atoms. The van der Waals surface area contributed by atoms with E-state index in [0.29, 0.717) is 0 Å². The Hall–Kier alpha value is -1.12. The second kappa shape index (κ2) is 8.05. The summed E-state index contributed by atoms with van der Waals surface area (Å²) in [5.41, 5.74) is 2.51. The van der Waals surface area contributed by atoms with Crippen molar-refractivity contribution in [1.82, 2.24) is 0 Å². The summed E-state index contributed by atoms with van der Waals surface area (Å²) in [4.78, 5) is 0. The van der Waals surface area contributed by atoms with Gasteiger partial charge in [-0.25, -0.2) is 9.13 Å². The van der Waals surface area contributed by atoms with E-state index in [2.05, 4.69) is 49.1 Å². The van der Waals surface area contributed by atoms with Crippen LogP contribution in [-0.4, -0.2) is 0 Å². The van der Waals surface area contributed by atoms with Crippen LogP contribution in [0, 0.1) is 7.43 Å². The minimum absolute atomic E-state index is 0. The second-order valence-electron chi connectivity index (χ2n) is 3.50. The Morgan fingerprint density at radius 3 is 1.18 bits per heavy atom. The molecule has 2 rings (SSSR count). The molecule has 0 bridgehead atoms. The van der Waals surface area contributed by atoms with Gasteiger partial charge >= 0.3 is 18.6 Å². The summed E-state index contributed by atoms with van der Waals surface area (Å²) >= 11 is 0. The van der Waals surface area contributed by atoms with E-state index in [1.54, 1.807) is 0 Å². The Labute approximate surface area is 117 Å². The molecule has 0 atom stereocenters. The van der Waals surface area contributed by atoms with Crippen LogP contribution in [0.2, 0.25) is 0 Å². The van der Waals surface area contributed by atoms with Gasteiger partial charge < -0.3 is 7.43 Å². The number of aryl methyl sites for hydroxylation is 2. The molecule has 17 heavy (non-hydrogen) atoms. The fourth-order valence-corrected chi connectivity index (χ4v) is 1.39. The van der Waals surface area contributed by atoms with Crippen LogP contribution in [0.25, 0.3) is 11.1 Å². The van der Waals surface area contributed by atoms with Crippen molar-refractivity contribution in [2.24, 2.45) is 14.1 Å². The number of hydrogen-bond acceptors (Lipinski definition) is 0. The van der Waals surface area contributed by atoms with E-state index >= 15 is 0 Å². The molecule has 2 aromatic rings. The van der Waals surface area contributed by atoms with Crippen LogP contribution < -0.4 is 9.13 Å². The zero-order valence-corrected chi connectivity index (χ0v) is 11.4. The van der Waals surface area contributed by atoms with Gasteiger partial charge in [0.05, 0.1) is 0 Å². The first kappa shape index (κ1) is 18.3. The third-order valence-corrected chi connectivity index (χ3v) is 2.29. The van der Waals surface area contributed by atoms with Crippen LogP contribution in [0.1, 0.15) is 7.43 Å². The van der Waals surface area contributed by atoms with Crippen molar-refractivity contribution >= 4 is 0 Å². The molecule has 0 amide bonds. The average molecular weight is 268 g/mol. The van der Waals surface area contributed by atoms with Gasteiger partial charge in [0.25, 0.3) is 0 Å². The molecule has 0 saturated heterocycles. The van der Waals surface area contributed by atoms with Crippen molar-refractivity contribution in [3.05, 3.63) is 56.5 Å². The number of pyridine rings is 2. The van der Waals surface area contributed by atoms with Crippen LogP contribution in [0.3, 0.4) is 0 Å². The maximum absolute atomic E-state index is 2.12. The van der Waals surface area contributed by atoms with E-state index in [0.717, 1.165) is 0 Å². The first-order valence-electron chi connectivity index (χ1n) is 4.67. The summed E-state index contributed by atoms with van der Waals surface area (Å²) < 4.78 is 4.07. The Kier molecular flexibility index (Phi) is 8.64. The molecule has 0 aromatic carbocycles. The zero-order chi connectivity index (χ0) is 9.97. The largest absolute Gasteiger partial charge is 2.00 e. The number of nitrogens with zero attached hydrogens (tertiary/aromatic N) is 2. The molecule has 2 aromatic heterocycles. The molecule has 0 unspecified atom stereocenters. The Bertz CT molecular complexity index is 377. The van der Waals surface area contributed by atoms with E-state index in [1.165, 1.54) is 11.1 Å². The normalized spacial score (nSPS) is 8.35. The molecular weight excluding hydrogens is 247 g/mol. The van der Waals surface area contributed by atoms with Crippen molar-refractivity contribution in [2.45, 2.75) is 7.43 Å². The topological polar surface area (TPSA) is 7.76 Å². The van der Waals surface area contributed by atoms with Crippen LogP contribution in [0.15, 0.2) is 49.1 Å². The van der Waals surface area contributed by atoms with E-state index in [1.807, 2.05) is 23.2 Å². The van der Waals surface area contributed by atoms with Gasteiger partial charge in [0.2, 0.25) is 0 Å². The summed E-state index contributed by atoms with van der Waals surface area (Å²) in [5, 5.41) is 0. The van der Waals surface area contributed by atoms with Crippen LogP contribution in [-0.2, 0) is 32.7 Å². The standard InChI is InChI=1S/C12H14N2.CH4.CH3.V/c1-13-7-3-11(4-8-13)12-5-9-14(2)10-6-12;;;/h3-10H,1-2H3;1H4;1H3;/q+2;;-1;+2. The van der Waals surface area contributed by atoms with Gasteiger partial charge in [0.15, 0.2) is 24.8 Å². The Morgan fingerprint density at radius 2 is 0.941 bits per heavy atom. The van der Waals surface area contributed by atoms with Gasteiger partial charge in [0.1, 0.15) is 14.1 Å². The number of aromatic nitrogens is 2. The van der Waals surface area contributed by atoms with Crippen molar-refractivity contribution in [1.29, 1.82) is 0 Å². The summed E-state index contributed by atoms with van der Waals surface area (Å²) in [5.74, 6) is 0. The molecule has 1 radical (unpaired) electrons. The SMILES string of the molecule is C.C[n+]1ccc(-c2cc[n+](C)cc2)cc1.[CH3-].[V+2]. The number of hydrogen-bond donors (Lipinski definition) is 0. The van der Waals surface area contributed by atoms with Crippen molar-refractivity contribution in [2.75, 3.05) is 0 Å². The molecule has 0 saturated carbocycles. The first-order chi connectivity index (χ1) is 6.75. The Balaban J connectivity index is 0. The third kappa shape index (κ3) is 4.72. The predicted octanol–water partition coefficient (Wildman–Crippen LogP) is 2.09. The predicted molar refractivity (Wildman–Crippen MR) is 67.4 cm³/mol. The zero-order valence-electron chi connectivity index (χ0n) is 9.96. The quantitative estimate of drug-likeness (QED) is 0.552. The summed E-state index contributed by atoms with van der Waals surface area (Å²) in [6.45, 7) is 0. The van der Waals surface area contributed by atoms with E-state index in [9.17, 15) is 0 Å². The summed E-state index contributed by atoms with van der Waals surface area (Å²) in [6.07, 6.45) is 8.23. The molecule has 0 N–H and O–H groups in total. The second-order valence-corrected chi connectivity index (χ2v) is 3.50. The fraction of sp³-hybridized carbons (Fsp3) is 0.214. The molecule has 0 fully saturated rings. The van der Waals surface area contributed by atoms with Crippen molar-refractivity contribution in [3.8, 4) is 11.1 Å². The molecule has 2 nitrogen and oxygen atoms in total. The van der Waals surface area contributed by atoms with Crippen LogP contribution >= 0.6 is 0 Å². The summed E-state index contributed by atoms with van der Waals surface area (Å²) in [6, 6.07) is 8.48. The molecule has 2 heterocycles. The maximum Gasteiger partial charge on any atom is 2.00 e. The molecule has 89 valence electrons. The van der Waals surface area contributed by atoms with Gasteiger partial charge in [-0.3, -0.25) is 0 Å². The molecule has 0 aliphatic rings. The van der Waals surface area contributed by atoms with Gasteiger partial charge in [-0.1, -0.05) is 7.43 Å². The maximum atomic E-state index is 2.12. The smallest absolute Gasteiger partial charge is 0.358 e. The monoisotopic (exact) mass is 268 g/mol. The van der Waals surface area contributed by atoms with E-state index in [4.69, 9.17) is 0 Å². The summed E-state index contributed by atoms with van der Waals surface area (Å²) in [7, 11) is 4.05. The molecular formula is C14H21N2V+3. The van der Waals surface area contributed by atoms with E-state index < -0.39 is 0 Å². The van der Waals surface area contributed by atoms with Gasteiger partial charge in [-0.2, -0.15) is 0 Å². The van der Waals surface area contributed by atoms with Crippen molar-refractivity contribution < 1.29 is 27.7 Å². The third-order valence-electron chi connectivity index (χ3n) is 2.29. The van der Waals surface area contributed by atoms with Gasteiger partial charge in [0, 0.05) is 24.3 Å². The molecule has 0 aliphatic heterocycles. The first-order valence-corrected chi connectivity index (χ1v) is 4.67. The van der Waals surface area contributed by atoms with Crippen LogP contribution in [0.4, 0.5) is 0 Å². The molecule has 3 heteroatoms. The minimum atomic E-state index is 0. The van der Waals surface area contributed by atoms with Crippen molar-refractivity contribution in [3.63, 3.8) is 0 Å². The average Bonchev–Trinajstić information content (AvgIpc) is 2.21. The van der Waals surface area contributed by atoms with Crippen LogP contribution in [0.5, 0.6) is 0 Å². The Morgan fingerprint density at radius 1 is 0.706 bits per heavy atom. The molecule has 0 aliphatic carbocycles. The fourth-order valence-electron chi connectivity index (χ4n) is 1.39. The number of rotatable bonds is 1. The van der Waals surface area contributed by atoms with Gasteiger partial charge in [-0.05, 0) is 11.1 Å². The minimum Gasteiger partial charge on any atom is -0.358 e. The van der Waals surface area contributed by atoms with Gasteiger partial charge in [-0.15, -0.1) is 0 Å².